The molecule has 9 nitrogen and oxygen atoms in total. The van der Waals surface area contributed by atoms with Crippen molar-refractivity contribution in [2.45, 2.75) is 58.3 Å². The minimum atomic E-state index is -4.19. The topological polar surface area (TPSA) is 92.9 Å². The standard InChI is InChI=1S/C20H31F3N8O/c1-4-15(5-2)25-18(32)17-27-28-19(26-16-10-24-29(3)12-16)31(17)11-14-6-8-30(9-7-14)13-20(21,22)23/h10,12,14-15H,4-9,11,13H2,1-3H3,(H,25,32)(H,26,28). The molecule has 2 N–H and O–H groups in total. The average molecular weight is 457 g/mol. The van der Waals surface area contributed by atoms with Gasteiger partial charge in [-0.3, -0.25) is 18.9 Å². The molecule has 1 aliphatic heterocycles. The molecule has 178 valence electrons. The molecule has 1 amide bonds. The monoisotopic (exact) mass is 456 g/mol. The molecular weight excluding hydrogens is 425 g/mol. The van der Waals surface area contributed by atoms with Gasteiger partial charge in [0.05, 0.1) is 18.4 Å². The van der Waals surface area contributed by atoms with Gasteiger partial charge >= 0.3 is 6.18 Å². The molecule has 3 rings (SSSR count). The largest absolute Gasteiger partial charge is 0.401 e. The van der Waals surface area contributed by atoms with Crippen molar-refractivity contribution < 1.29 is 18.0 Å². The van der Waals surface area contributed by atoms with Crippen LogP contribution < -0.4 is 10.6 Å². The maximum absolute atomic E-state index is 12.9. The van der Waals surface area contributed by atoms with Crippen molar-refractivity contribution >= 4 is 17.5 Å². The minimum absolute atomic E-state index is 0.0352. The molecule has 0 spiro atoms. The fraction of sp³-hybridized carbons (Fsp3) is 0.700. The van der Waals surface area contributed by atoms with Crippen molar-refractivity contribution in [1.29, 1.82) is 0 Å². The van der Waals surface area contributed by atoms with Crippen LogP contribution in [0.15, 0.2) is 12.4 Å². The molecule has 12 heteroatoms. The third-order valence-corrected chi connectivity index (χ3v) is 5.79. The predicted octanol–water partition coefficient (Wildman–Crippen LogP) is 2.95. The Morgan fingerprint density at radius 3 is 2.47 bits per heavy atom. The highest BCUT2D eigenvalue weighted by Gasteiger charge is 2.33. The van der Waals surface area contributed by atoms with Crippen molar-refractivity contribution in [1.82, 2.24) is 34.8 Å². The lowest BCUT2D eigenvalue weighted by molar-refractivity contribution is -0.148. The average Bonchev–Trinajstić information content (AvgIpc) is 3.32. The van der Waals surface area contributed by atoms with Gasteiger partial charge in [0.15, 0.2) is 0 Å². The molecule has 0 bridgehead atoms. The fourth-order valence-electron chi connectivity index (χ4n) is 3.93. The van der Waals surface area contributed by atoms with E-state index in [4.69, 9.17) is 0 Å². The number of hydrogen-bond donors (Lipinski definition) is 2. The Kier molecular flexibility index (Phi) is 7.75. The van der Waals surface area contributed by atoms with E-state index in [2.05, 4.69) is 25.9 Å². The first-order valence-corrected chi connectivity index (χ1v) is 11.0. The van der Waals surface area contributed by atoms with E-state index in [1.165, 1.54) is 4.90 Å². The first-order valence-electron chi connectivity index (χ1n) is 11.0. The summed E-state index contributed by atoms with van der Waals surface area (Å²) in [5, 5.41) is 18.5. The molecule has 32 heavy (non-hydrogen) atoms. The number of alkyl halides is 3. The van der Waals surface area contributed by atoms with E-state index in [9.17, 15) is 18.0 Å². The smallest absolute Gasteiger partial charge is 0.347 e. The zero-order chi connectivity index (χ0) is 23.3. The van der Waals surface area contributed by atoms with E-state index in [1.54, 1.807) is 28.7 Å². The number of anilines is 2. The highest BCUT2D eigenvalue weighted by atomic mass is 19.4. The number of nitrogens with zero attached hydrogens (tertiary/aromatic N) is 6. The molecule has 2 aromatic rings. The van der Waals surface area contributed by atoms with Crippen LogP contribution in [0, 0.1) is 5.92 Å². The van der Waals surface area contributed by atoms with Gasteiger partial charge in [-0.1, -0.05) is 13.8 Å². The number of aromatic nitrogens is 5. The zero-order valence-corrected chi connectivity index (χ0v) is 18.7. The number of piperidine rings is 1. The maximum Gasteiger partial charge on any atom is 0.401 e. The number of nitrogens with one attached hydrogen (secondary N) is 2. The van der Waals surface area contributed by atoms with Crippen LogP contribution in [0.5, 0.6) is 0 Å². The van der Waals surface area contributed by atoms with Crippen molar-refractivity contribution in [2.24, 2.45) is 13.0 Å². The van der Waals surface area contributed by atoms with Crippen molar-refractivity contribution in [3.05, 3.63) is 18.2 Å². The number of halogens is 3. The lowest BCUT2D eigenvalue weighted by Crippen LogP contribution is -2.41. The quantitative estimate of drug-likeness (QED) is 0.603. The molecule has 1 aliphatic rings. The molecule has 3 heterocycles. The number of amides is 1. The van der Waals surface area contributed by atoms with Crippen LogP contribution in [0.25, 0.3) is 0 Å². The van der Waals surface area contributed by atoms with Crippen LogP contribution in [0.1, 0.15) is 50.1 Å². The summed E-state index contributed by atoms with van der Waals surface area (Å²) in [7, 11) is 1.79. The Balaban J connectivity index is 1.75. The van der Waals surface area contributed by atoms with Gasteiger partial charge in [-0.2, -0.15) is 18.3 Å². The third kappa shape index (κ3) is 6.44. The second-order valence-electron chi connectivity index (χ2n) is 8.31. The summed E-state index contributed by atoms with van der Waals surface area (Å²) in [6.07, 6.45) is 2.03. The Labute approximate surface area is 185 Å². The number of rotatable bonds is 9. The van der Waals surface area contributed by atoms with Gasteiger partial charge in [0.1, 0.15) is 0 Å². The van der Waals surface area contributed by atoms with Gasteiger partial charge in [-0.25, -0.2) is 0 Å². The zero-order valence-electron chi connectivity index (χ0n) is 18.7. The van der Waals surface area contributed by atoms with Crippen LogP contribution in [0.4, 0.5) is 24.8 Å². The summed E-state index contributed by atoms with van der Waals surface area (Å²) in [6.45, 7) is 4.30. The Morgan fingerprint density at radius 1 is 1.22 bits per heavy atom. The van der Waals surface area contributed by atoms with Gasteiger partial charge in [0, 0.05) is 25.8 Å². The lowest BCUT2D eigenvalue weighted by atomic mass is 9.96. The summed E-state index contributed by atoms with van der Waals surface area (Å²) in [5.41, 5.74) is 0.702. The number of carbonyl (C=O) groups is 1. The molecule has 0 aromatic carbocycles. The van der Waals surface area contributed by atoms with Gasteiger partial charge in [0.25, 0.3) is 5.91 Å². The molecule has 0 radical (unpaired) electrons. The normalized spacial score (nSPS) is 16.0. The predicted molar refractivity (Wildman–Crippen MR) is 114 cm³/mol. The number of hydrogen-bond acceptors (Lipinski definition) is 6. The Hall–Kier alpha value is -2.63. The van der Waals surface area contributed by atoms with Crippen LogP contribution >= 0.6 is 0 Å². The highest BCUT2D eigenvalue weighted by Crippen LogP contribution is 2.25. The van der Waals surface area contributed by atoms with E-state index in [1.807, 2.05) is 13.8 Å². The van der Waals surface area contributed by atoms with Crippen molar-refractivity contribution in [3.8, 4) is 0 Å². The Bertz CT molecular complexity index is 882. The first kappa shape index (κ1) is 24.0. The Morgan fingerprint density at radius 2 is 1.91 bits per heavy atom. The first-order chi connectivity index (χ1) is 15.2. The summed E-state index contributed by atoms with van der Waals surface area (Å²) in [4.78, 5) is 14.3. The van der Waals surface area contributed by atoms with Crippen molar-refractivity contribution in [3.63, 3.8) is 0 Å². The van der Waals surface area contributed by atoms with E-state index in [-0.39, 0.29) is 23.7 Å². The minimum Gasteiger partial charge on any atom is -0.347 e. The van der Waals surface area contributed by atoms with Gasteiger partial charge < -0.3 is 10.6 Å². The third-order valence-electron chi connectivity index (χ3n) is 5.79. The SMILES string of the molecule is CCC(CC)NC(=O)c1nnc(Nc2cnn(C)c2)n1CC1CCN(CC(F)(F)F)CC1. The molecule has 1 saturated heterocycles. The number of carbonyl (C=O) groups excluding carboxylic acids is 1. The van der Waals surface area contributed by atoms with E-state index in [0.717, 1.165) is 12.8 Å². The van der Waals surface area contributed by atoms with Crippen LogP contribution in [0.2, 0.25) is 0 Å². The summed E-state index contributed by atoms with van der Waals surface area (Å²) >= 11 is 0. The number of likely N-dealkylation sites (tertiary alicyclic amines) is 1. The molecule has 0 saturated carbocycles. The molecule has 2 aromatic heterocycles. The molecule has 0 aliphatic carbocycles. The van der Waals surface area contributed by atoms with Gasteiger partial charge in [-0.15, -0.1) is 10.2 Å². The molecule has 0 unspecified atom stereocenters. The summed E-state index contributed by atoms with van der Waals surface area (Å²) in [5.74, 6) is 0.413. The highest BCUT2D eigenvalue weighted by molar-refractivity contribution is 5.91. The van der Waals surface area contributed by atoms with Crippen LogP contribution in [0.3, 0.4) is 0 Å². The number of aryl methyl sites for hydroxylation is 1. The van der Waals surface area contributed by atoms with E-state index >= 15 is 0 Å². The van der Waals surface area contributed by atoms with Crippen LogP contribution in [-0.4, -0.2) is 67.2 Å². The molecule has 1 fully saturated rings. The molecular formula is C20H31F3N8O. The fourth-order valence-corrected chi connectivity index (χ4v) is 3.93. The van der Waals surface area contributed by atoms with Gasteiger partial charge in [-0.05, 0) is 44.7 Å². The maximum atomic E-state index is 12.9. The lowest BCUT2D eigenvalue weighted by Gasteiger charge is -2.32. The molecule has 0 atom stereocenters. The van der Waals surface area contributed by atoms with E-state index in [0.29, 0.717) is 44.1 Å². The van der Waals surface area contributed by atoms with Gasteiger partial charge in [0.2, 0.25) is 11.8 Å². The van der Waals surface area contributed by atoms with Crippen LogP contribution in [-0.2, 0) is 13.6 Å². The second kappa shape index (κ2) is 10.3. The second-order valence-corrected chi connectivity index (χ2v) is 8.31. The summed E-state index contributed by atoms with van der Waals surface area (Å²) < 4.78 is 41.4. The van der Waals surface area contributed by atoms with Crippen molar-refractivity contribution in [2.75, 3.05) is 25.0 Å². The summed E-state index contributed by atoms with van der Waals surface area (Å²) in [6, 6.07) is 0.0352. The van der Waals surface area contributed by atoms with E-state index < -0.39 is 12.7 Å².